The van der Waals surface area contributed by atoms with E-state index in [1.54, 1.807) is 0 Å². The molecule has 0 unspecified atom stereocenters. The van der Waals surface area contributed by atoms with Gasteiger partial charge in [0, 0.05) is 13.1 Å². The number of hydrogen-bond donors (Lipinski definition) is 2. The number of rotatable bonds is 6. The van der Waals surface area contributed by atoms with E-state index < -0.39 is 0 Å². The van der Waals surface area contributed by atoms with E-state index in [0.29, 0.717) is 0 Å². The smallest absolute Gasteiger partial charge is 0.236 e. The normalized spacial score (nSPS) is 19.6. The number of nitrogens with zero attached hydrogens (tertiary/aromatic N) is 1. The molecule has 0 spiro atoms. The van der Waals surface area contributed by atoms with Crippen molar-refractivity contribution in [2.45, 2.75) is 51.5 Å². The maximum atomic E-state index is 11.6. The van der Waals surface area contributed by atoms with Crippen molar-refractivity contribution in [3.63, 3.8) is 0 Å². The molecule has 1 amide bonds. The number of hydrogen-bond acceptors (Lipinski definition) is 3. The second-order valence-corrected chi connectivity index (χ2v) is 4.94. The van der Waals surface area contributed by atoms with Gasteiger partial charge < -0.3 is 16.0 Å². The minimum absolute atomic E-state index is 0.00155. The highest BCUT2D eigenvalue weighted by molar-refractivity contribution is 5.81. The summed E-state index contributed by atoms with van der Waals surface area (Å²) in [5.74, 6) is 0.00155. The van der Waals surface area contributed by atoms with Crippen molar-refractivity contribution in [3.8, 4) is 0 Å². The molecular formula is C13H27N3O. The lowest BCUT2D eigenvalue weighted by Crippen LogP contribution is -2.43. The van der Waals surface area contributed by atoms with Crippen LogP contribution in [0, 0.1) is 0 Å². The van der Waals surface area contributed by atoms with Crippen LogP contribution in [0.25, 0.3) is 0 Å². The molecule has 17 heavy (non-hydrogen) atoms. The zero-order valence-electron chi connectivity index (χ0n) is 11.1. The van der Waals surface area contributed by atoms with Crippen LogP contribution in [0.3, 0.4) is 0 Å². The van der Waals surface area contributed by atoms with Gasteiger partial charge in [-0.2, -0.15) is 0 Å². The van der Waals surface area contributed by atoms with E-state index in [0.717, 1.165) is 25.9 Å². The molecule has 0 saturated carbocycles. The number of nitrogens with two attached hydrogens (primary N) is 1. The Morgan fingerprint density at radius 1 is 1.29 bits per heavy atom. The number of nitrogens with one attached hydrogen (secondary N) is 1. The highest BCUT2D eigenvalue weighted by Crippen LogP contribution is 2.08. The highest BCUT2D eigenvalue weighted by atomic mass is 16.2. The van der Waals surface area contributed by atoms with Gasteiger partial charge in [0.1, 0.15) is 0 Å². The molecule has 100 valence electrons. The highest BCUT2D eigenvalue weighted by Gasteiger charge is 2.12. The molecule has 0 aromatic rings. The van der Waals surface area contributed by atoms with Crippen LogP contribution in [0.1, 0.15) is 45.4 Å². The van der Waals surface area contributed by atoms with Crippen LogP contribution in [-0.2, 0) is 4.79 Å². The fourth-order valence-corrected chi connectivity index (χ4v) is 2.27. The van der Waals surface area contributed by atoms with Crippen molar-refractivity contribution in [1.29, 1.82) is 0 Å². The van der Waals surface area contributed by atoms with Crippen LogP contribution in [-0.4, -0.2) is 43.0 Å². The maximum Gasteiger partial charge on any atom is 0.236 e. The Morgan fingerprint density at radius 3 is 2.53 bits per heavy atom. The third-order valence-electron chi connectivity index (χ3n) is 3.36. The molecule has 0 aromatic heterocycles. The van der Waals surface area contributed by atoms with E-state index in [1.165, 1.54) is 38.8 Å². The van der Waals surface area contributed by atoms with E-state index in [1.807, 2.05) is 6.92 Å². The van der Waals surface area contributed by atoms with E-state index >= 15 is 0 Å². The molecule has 0 aliphatic carbocycles. The summed E-state index contributed by atoms with van der Waals surface area (Å²) < 4.78 is 0. The number of amides is 1. The first kappa shape index (κ1) is 14.5. The number of likely N-dealkylation sites (tertiary alicyclic amines) is 1. The van der Waals surface area contributed by atoms with Gasteiger partial charge in [0.05, 0.1) is 6.04 Å². The first-order valence-electron chi connectivity index (χ1n) is 6.99. The van der Waals surface area contributed by atoms with Crippen molar-refractivity contribution in [2.75, 3.05) is 26.2 Å². The Labute approximate surface area is 105 Å². The van der Waals surface area contributed by atoms with Gasteiger partial charge >= 0.3 is 0 Å². The molecule has 1 aliphatic heterocycles. The fraction of sp³-hybridized carbons (Fsp3) is 0.923. The van der Waals surface area contributed by atoms with E-state index in [-0.39, 0.29) is 11.9 Å². The minimum Gasteiger partial charge on any atom is -0.353 e. The lowest BCUT2D eigenvalue weighted by atomic mass is 10.2. The maximum absolute atomic E-state index is 11.6. The predicted molar refractivity (Wildman–Crippen MR) is 70.8 cm³/mol. The van der Waals surface area contributed by atoms with E-state index in [4.69, 9.17) is 5.73 Å². The molecule has 4 nitrogen and oxygen atoms in total. The Balaban J connectivity index is 2.11. The molecule has 0 bridgehead atoms. The van der Waals surface area contributed by atoms with Crippen molar-refractivity contribution >= 4 is 5.91 Å². The molecule has 1 atom stereocenters. The quantitative estimate of drug-likeness (QED) is 0.732. The Bertz CT molecular complexity index is 213. The second kappa shape index (κ2) is 8.48. The summed E-state index contributed by atoms with van der Waals surface area (Å²) in [5.41, 5.74) is 5.75. The molecule has 1 saturated heterocycles. The summed E-state index contributed by atoms with van der Waals surface area (Å²) in [7, 11) is 0. The van der Waals surface area contributed by atoms with Gasteiger partial charge in [-0.1, -0.05) is 26.2 Å². The summed E-state index contributed by atoms with van der Waals surface area (Å²) >= 11 is 0. The molecule has 1 aliphatic rings. The lowest BCUT2D eigenvalue weighted by molar-refractivity contribution is -0.122. The minimum atomic E-state index is -0.330. The topological polar surface area (TPSA) is 58.4 Å². The molecule has 1 rings (SSSR count). The Hall–Kier alpha value is -0.610. The molecular weight excluding hydrogens is 214 g/mol. The monoisotopic (exact) mass is 241 g/mol. The molecule has 1 fully saturated rings. The average molecular weight is 241 g/mol. The zero-order valence-corrected chi connectivity index (χ0v) is 11.1. The van der Waals surface area contributed by atoms with E-state index in [9.17, 15) is 4.79 Å². The molecule has 3 N–H and O–H groups in total. The van der Waals surface area contributed by atoms with Crippen molar-refractivity contribution < 1.29 is 4.79 Å². The fourth-order valence-electron chi connectivity index (χ4n) is 2.27. The first-order chi connectivity index (χ1) is 8.24. The Kier molecular flexibility index (Phi) is 7.21. The summed E-state index contributed by atoms with van der Waals surface area (Å²) in [6, 6.07) is -0.330. The standard InChI is InChI=1S/C13H27N3O/c1-2-7-12(14)13(17)15-8-11-16-9-5-3-4-6-10-16/h12H,2-11,14H2,1H3,(H,15,17)/t12-/m0/s1. The lowest BCUT2D eigenvalue weighted by Gasteiger charge is -2.20. The summed E-state index contributed by atoms with van der Waals surface area (Å²) in [4.78, 5) is 14.0. The molecule has 0 radical (unpaired) electrons. The van der Waals surface area contributed by atoms with Gasteiger partial charge in [-0.25, -0.2) is 0 Å². The van der Waals surface area contributed by atoms with Crippen molar-refractivity contribution in [3.05, 3.63) is 0 Å². The van der Waals surface area contributed by atoms with E-state index in [2.05, 4.69) is 10.2 Å². The van der Waals surface area contributed by atoms with Gasteiger partial charge in [0.2, 0.25) is 5.91 Å². The van der Waals surface area contributed by atoms with Crippen molar-refractivity contribution in [2.24, 2.45) is 5.73 Å². The number of carbonyl (C=O) groups excluding carboxylic acids is 1. The van der Waals surface area contributed by atoms with Gasteiger partial charge in [-0.3, -0.25) is 4.79 Å². The summed E-state index contributed by atoms with van der Waals surface area (Å²) in [6.45, 7) is 6.10. The average Bonchev–Trinajstić information content (AvgIpc) is 2.58. The van der Waals surface area contributed by atoms with Gasteiger partial charge in [-0.15, -0.1) is 0 Å². The van der Waals surface area contributed by atoms with Crippen LogP contribution in [0.15, 0.2) is 0 Å². The molecule has 4 heteroatoms. The molecule has 1 heterocycles. The van der Waals surface area contributed by atoms with Crippen LogP contribution >= 0.6 is 0 Å². The third kappa shape index (κ3) is 6.03. The van der Waals surface area contributed by atoms with Crippen LogP contribution in [0.2, 0.25) is 0 Å². The van der Waals surface area contributed by atoms with Gasteiger partial charge in [-0.05, 0) is 32.4 Å². The van der Waals surface area contributed by atoms with Crippen LogP contribution < -0.4 is 11.1 Å². The Morgan fingerprint density at radius 2 is 1.94 bits per heavy atom. The van der Waals surface area contributed by atoms with Crippen molar-refractivity contribution in [1.82, 2.24) is 10.2 Å². The van der Waals surface area contributed by atoms with Crippen LogP contribution in [0.5, 0.6) is 0 Å². The summed E-state index contributed by atoms with van der Waals surface area (Å²) in [5, 5.41) is 2.93. The largest absolute Gasteiger partial charge is 0.353 e. The van der Waals surface area contributed by atoms with Gasteiger partial charge in [0.25, 0.3) is 0 Å². The first-order valence-corrected chi connectivity index (χ1v) is 6.99. The third-order valence-corrected chi connectivity index (χ3v) is 3.36. The van der Waals surface area contributed by atoms with Gasteiger partial charge in [0.15, 0.2) is 0 Å². The predicted octanol–water partition coefficient (Wildman–Crippen LogP) is 1.11. The summed E-state index contributed by atoms with van der Waals surface area (Å²) in [6.07, 6.45) is 7.03. The second-order valence-electron chi connectivity index (χ2n) is 4.94. The van der Waals surface area contributed by atoms with Crippen LogP contribution in [0.4, 0.5) is 0 Å². The molecule has 0 aromatic carbocycles. The SMILES string of the molecule is CCC[C@H](N)C(=O)NCCN1CCCCCC1. The number of carbonyl (C=O) groups is 1. The zero-order chi connectivity index (χ0) is 12.5.